The summed E-state index contributed by atoms with van der Waals surface area (Å²) in [5, 5.41) is 0. The van der Waals surface area contributed by atoms with Crippen molar-refractivity contribution in [3.63, 3.8) is 0 Å². The summed E-state index contributed by atoms with van der Waals surface area (Å²) >= 11 is 0. The summed E-state index contributed by atoms with van der Waals surface area (Å²) in [7, 11) is 1.68. The Balaban J connectivity index is 1.30. The van der Waals surface area contributed by atoms with Gasteiger partial charge in [0.1, 0.15) is 12.1 Å². The summed E-state index contributed by atoms with van der Waals surface area (Å²) in [4.78, 5) is 18.7. The van der Waals surface area contributed by atoms with Crippen LogP contribution in [-0.4, -0.2) is 52.8 Å². The summed E-state index contributed by atoms with van der Waals surface area (Å²) in [6, 6.07) is 6.05. The molecule has 0 N–H and O–H groups in total. The Morgan fingerprint density at radius 1 is 1.29 bits per heavy atom. The Morgan fingerprint density at radius 3 is 2.81 bits per heavy atom. The van der Waals surface area contributed by atoms with Gasteiger partial charge in [-0.25, -0.2) is 4.98 Å². The summed E-state index contributed by atoms with van der Waals surface area (Å²) < 4.78 is 20.4. The number of benzene rings is 1. The third-order valence-electron chi connectivity index (χ3n) is 7.44. The van der Waals surface area contributed by atoms with E-state index >= 15 is 0 Å². The maximum absolute atomic E-state index is 12.7. The number of amides is 1. The molecule has 7 heteroatoms. The number of likely N-dealkylation sites (tertiary alicyclic amines) is 1. The molecule has 2 aromatic rings. The third kappa shape index (κ3) is 3.59. The molecule has 5 rings (SSSR count). The van der Waals surface area contributed by atoms with Crippen LogP contribution in [-0.2, 0) is 16.1 Å². The summed E-state index contributed by atoms with van der Waals surface area (Å²) in [5.74, 6) is 1.99. The van der Waals surface area contributed by atoms with Crippen molar-refractivity contribution >= 4 is 5.91 Å². The highest BCUT2D eigenvalue weighted by Crippen LogP contribution is 2.57. The molecule has 0 radical (unpaired) electrons. The fourth-order valence-corrected chi connectivity index (χ4v) is 5.51. The molecule has 0 aliphatic carbocycles. The second kappa shape index (κ2) is 7.55. The Kier molecular flexibility index (Phi) is 4.96. The number of para-hydroxylation sites is 1. The summed E-state index contributed by atoms with van der Waals surface area (Å²) in [6.07, 6.45) is 8.22. The number of methoxy groups -OCH3 is 1. The average molecular weight is 426 g/mol. The van der Waals surface area contributed by atoms with E-state index in [0.29, 0.717) is 6.54 Å². The number of carbonyl (C=O) groups excluding carboxylic acids is 1. The van der Waals surface area contributed by atoms with E-state index in [9.17, 15) is 4.79 Å². The molecule has 1 aromatic carbocycles. The van der Waals surface area contributed by atoms with Crippen LogP contribution in [0.15, 0.2) is 36.9 Å². The Labute approximate surface area is 183 Å². The molecular weight excluding hydrogens is 394 g/mol. The van der Waals surface area contributed by atoms with Crippen molar-refractivity contribution in [2.24, 2.45) is 11.3 Å². The van der Waals surface area contributed by atoms with Crippen LogP contribution in [0.25, 0.3) is 0 Å². The normalized spacial score (nSPS) is 26.0. The first-order valence-corrected chi connectivity index (χ1v) is 11.1. The maximum Gasteiger partial charge on any atom is 0.242 e. The summed E-state index contributed by atoms with van der Waals surface area (Å²) in [5.41, 5.74) is 0.837. The molecule has 1 spiro atoms. The predicted octanol–water partition coefficient (Wildman–Crippen LogP) is 3.45. The molecule has 2 atom stereocenters. The highest BCUT2D eigenvalue weighted by molar-refractivity contribution is 5.76. The van der Waals surface area contributed by atoms with E-state index in [2.05, 4.69) is 24.9 Å². The van der Waals surface area contributed by atoms with Gasteiger partial charge in [0.2, 0.25) is 5.91 Å². The van der Waals surface area contributed by atoms with Crippen LogP contribution < -0.4 is 9.47 Å². The fourth-order valence-electron chi connectivity index (χ4n) is 5.51. The smallest absolute Gasteiger partial charge is 0.242 e. The second-order valence-electron chi connectivity index (χ2n) is 9.74. The van der Waals surface area contributed by atoms with Gasteiger partial charge in [-0.2, -0.15) is 0 Å². The molecule has 31 heavy (non-hydrogen) atoms. The van der Waals surface area contributed by atoms with E-state index in [1.54, 1.807) is 19.6 Å². The van der Waals surface area contributed by atoms with Gasteiger partial charge in [0.25, 0.3) is 0 Å². The third-order valence-corrected chi connectivity index (χ3v) is 7.44. The van der Waals surface area contributed by atoms with Gasteiger partial charge in [0.05, 0.1) is 26.1 Å². The van der Waals surface area contributed by atoms with Crippen molar-refractivity contribution in [2.45, 2.75) is 51.4 Å². The van der Waals surface area contributed by atoms with Crippen LogP contribution in [0.2, 0.25) is 0 Å². The Bertz CT molecular complexity index is 948. The minimum atomic E-state index is -0.353. The molecule has 0 unspecified atom stereocenters. The number of imidazole rings is 1. The minimum Gasteiger partial charge on any atom is -0.493 e. The van der Waals surface area contributed by atoms with Crippen molar-refractivity contribution in [3.05, 3.63) is 42.5 Å². The van der Waals surface area contributed by atoms with Gasteiger partial charge >= 0.3 is 0 Å². The van der Waals surface area contributed by atoms with Crippen LogP contribution in [0.3, 0.4) is 0 Å². The van der Waals surface area contributed by atoms with Gasteiger partial charge in [-0.15, -0.1) is 0 Å². The van der Waals surface area contributed by atoms with Gasteiger partial charge in [-0.3, -0.25) is 4.79 Å². The standard InChI is InChI=1S/C24H31N3O4/c1-23(2)18-13-24(7-10-27(11-8-24)20(28)14-26-12-9-25-16-26)15-30-21(18)17-5-4-6-19(29-3)22(17)31-23/h4-6,9,12,16,18,21H,7-8,10-11,13-15H2,1-3H3/t18-,21+/m0/s1. The number of hydrogen-bond acceptors (Lipinski definition) is 5. The largest absolute Gasteiger partial charge is 0.493 e. The van der Waals surface area contributed by atoms with Gasteiger partial charge in [0, 0.05) is 37.0 Å². The van der Waals surface area contributed by atoms with Crippen molar-refractivity contribution < 1.29 is 19.0 Å². The lowest BCUT2D eigenvalue weighted by Gasteiger charge is -2.54. The van der Waals surface area contributed by atoms with Crippen molar-refractivity contribution in [1.82, 2.24) is 14.5 Å². The first kappa shape index (κ1) is 20.4. The zero-order valence-electron chi connectivity index (χ0n) is 18.5. The quantitative estimate of drug-likeness (QED) is 0.754. The molecule has 0 bridgehead atoms. The minimum absolute atomic E-state index is 0.0142. The van der Waals surface area contributed by atoms with Crippen molar-refractivity contribution in [2.75, 3.05) is 26.8 Å². The molecule has 3 aliphatic heterocycles. The first-order valence-electron chi connectivity index (χ1n) is 11.1. The zero-order chi connectivity index (χ0) is 21.6. The molecule has 1 aromatic heterocycles. The van der Waals surface area contributed by atoms with E-state index in [-0.39, 0.29) is 28.9 Å². The lowest BCUT2D eigenvalue weighted by atomic mass is 9.64. The number of fused-ring (bicyclic) bond motifs is 3. The number of nitrogens with zero attached hydrogens (tertiary/aromatic N) is 3. The zero-order valence-corrected chi connectivity index (χ0v) is 18.5. The molecule has 1 amide bonds. The van der Waals surface area contributed by atoms with Crippen LogP contribution in [0, 0.1) is 11.3 Å². The number of piperidine rings is 1. The molecule has 7 nitrogen and oxygen atoms in total. The summed E-state index contributed by atoms with van der Waals surface area (Å²) in [6.45, 7) is 6.95. The Morgan fingerprint density at radius 2 is 2.10 bits per heavy atom. The molecule has 0 saturated carbocycles. The van der Waals surface area contributed by atoms with E-state index in [0.717, 1.165) is 56.0 Å². The van der Waals surface area contributed by atoms with Crippen LogP contribution in [0.4, 0.5) is 0 Å². The lowest BCUT2D eigenvalue weighted by molar-refractivity contribution is -0.176. The number of aromatic nitrogens is 2. The molecule has 3 aliphatic rings. The monoisotopic (exact) mass is 425 g/mol. The maximum atomic E-state index is 12.7. The molecule has 2 saturated heterocycles. The topological polar surface area (TPSA) is 65.8 Å². The number of rotatable bonds is 3. The van der Waals surface area contributed by atoms with Gasteiger partial charge in [0.15, 0.2) is 11.5 Å². The predicted molar refractivity (Wildman–Crippen MR) is 115 cm³/mol. The molecule has 4 heterocycles. The highest BCUT2D eigenvalue weighted by Gasteiger charge is 2.53. The van der Waals surface area contributed by atoms with Crippen LogP contribution in [0.5, 0.6) is 11.5 Å². The second-order valence-corrected chi connectivity index (χ2v) is 9.74. The number of hydrogen-bond donors (Lipinski definition) is 0. The average Bonchev–Trinajstić information content (AvgIpc) is 3.27. The Hall–Kier alpha value is -2.54. The first-order chi connectivity index (χ1) is 14.9. The lowest BCUT2D eigenvalue weighted by Crippen LogP contribution is -2.54. The van der Waals surface area contributed by atoms with E-state index in [1.807, 2.05) is 27.8 Å². The van der Waals surface area contributed by atoms with Gasteiger partial charge < -0.3 is 23.7 Å². The van der Waals surface area contributed by atoms with Crippen molar-refractivity contribution in [1.29, 1.82) is 0 Å². The molecular formula is C24H31N3O4. The van der Waals surface area contributed by atoms with Gasteiger partial charge in [-0.1, -0.05) is 12.1 Å². The van der Waals surface area contributed by atoms with E-state index < -0.39 is 0 Å². The molecule has 166 valence electrons. The van der Waals surface area contributed by atoms with Crippen molar-refractivity contribution in [3.8, 4) is 11.5 Å². The van der Waals surface area contributed by atoms with E-state index in [4.69, 9.17) is 14.2 Å². The van der Waals surface area contributed by atoms with E-state index in [1.165, 1.54) is 0 Å². The van der Waals surface area contributed by atoms with Gasteiger partial charge in [-0.05, 0) is 44.6 Å². The SMILES string of the molecule is COc1cccc2c1OC(C)(C)[C@H]1CC3(CCN(C(=O)Cn4ccnc4)CC3)CO[C@H]21. The number of carbonyl (C=O) groups is 1. The number of ether oxygens (including phenoxy) is 3. The van der Waals surface area contributed by atoms with Crippen LogP contribution in [0.1, 0.15) is 44.8 Å². The van der Waals surface area contributed by atoms with Crippen LogP contribution >= 0.6 is 0 Å². The highest BCUT2D eigenvalue weighted by atomic mass is 16.5. The fraction of sp³-hybridized carbons (Fsp3) is 0.583. The molecule has 2 fully saturated rings.